The molecule has 1 aliphatic heterocycles. The molecule has 2 heteroatoms. The smallest absolute Gasteiger partial charge is 0.246 e. The SMILES string of the molecule is C=CC1=CN(CC)C(=O)C1(c1ccccc1)c1ccccc1. The van der Waals surface area contributed by atoms with Gasteiger partial charge in [0.15, 0.2) is 0 Å². The molecule has 0 spiro atoms. The molecule has 0 aliphatic carbocycles. The lowest BCUT2D eigenvalue weighted by Crippen LogP contribution is -2.41. The molecular formula is C20H19NO. The van der Waals surface area contributed by atoms with Crippen LogP contribution in [0.15, 0.2) is 85.1 Å². The first-order chi connectivity index (χ1) is 10.7. The van der Waals surface area contributed by atoms with Crippen LogP contribution in [0, 0.1) is 0 Å². The van der Waals surface area contributed by atoms with Gasteiger partial charge in [0.05, 0.1) is 0 Å². The first-order valence-corrected chi connectivity index (χ1v) is 7.52. The fraction of sp³-hybridized carbons (Fsp3) is 0.150. The average Bonchev–Trinajstić information content (AvgIpc) is 2.89. The van der Waals surface area contributed by atoms with Crippen LogP contribution in [0.5, 0.6) is 0 Å². The van der Waals surface area contributed by atoms with Crippen molar-refractivity contribution in [1.29, 1.82) is 0 Å². The third-order valence-electron chi connectivity index (χ3n) is 4.28. The number of nitrogens with zero attached hydrogens (tertiary/aromatic N) is 1. The van der Waals surface area contributed by atoms with E-state index >= 15 is 0 Å². The summed E-state index contributed by atoms with van der Waals surface area (Å²) in [5.41, 5.74) is 2.10. The molecule has 0 atom stereocenters. The van der Waals surface area contributed by atoms with E-state index in [1.165, 1.54) is 0 Å². The minimum atomic E-state index is -0.791. The fourth-order valence-corrected chi connectivity index (χ4v) is 3.23. The second-order valence-corrected chi connectivity index (χ2v) is 5.36. The maximum Gasteiger partial charge on any atom is 0.246 e. The fourth-order valence-electron chi connectivity index (χ4n) is 3.23. The summed E-state index contributed by atoms with van der Waals surface area (Å²) in [5.74, 6) is 0.0855. The summed E-state index contributed by atoms with van der Waals surface area (Å²) in [5, 5.41) is 0. The van der Waals surface area contributed by atoms with Crippen LogP contribution in [-0.2, 0) is 10.2 Å². The Morgan fingerprint density at radius 1 is 1.00 bits per heavy atom. The van der Waals surface area contributed by atoms with Gasteiger partial charge in [0.2, 0.25) is 5.91 Å². The lowest BCUT2D eigenvalue weighted by molar-refractivity contribution is -0.130. The minimum Gasteiger partial charge on any atom is -0.318 e. The first kappa shape index (κ1) is 14.3. The molecule has 1 aliphatic rings. The molecule has 0 saturated carbocycles. The summed E-state index contributed by atoms with van der Waals surface area (Å²) in [6, 6.07) is 19.9. The van der Waals surface area contributed by atoms with E-state index in [2.05, 4.69) is 6.58 Å². The van der Waals surface area contributed by atoms with E-state index in [1.807, 2.05) is 73.8 Å². The van der Waals surface area contributed by atoms with E-state index in [0.717, 1.165) is 16.7 Å². The molecule has 2 aromatic rings. The van der Waals surface area contributed by atoms with Crippen LogP contribution in [0.1, 0.15) is 18.1 Å². The van der Waals surface area contributed by atoms with Crippen molar-refractivity contribution in [2.75, 3.05) is 6.54 Å². The zero-order valence-electron chi connectivity index (χ0n) is 12.7. The predicted molar refractivity (Wildman–Crippen MR) is 89.3 cm³/mol. The largest absolute Gasteiger partial charge is 0.318 e. The number of carbonyl (C=O) groups is 1. The van der Waals surface area contributed by atoms with Crippen LogP contribution in [0.25, 0.3) is 0 Å². The van der Waals surface area contributed by atoms with Gasteiger partial charge in [0.1, 0.15) is 5.41 Å². The lowest BCUT2D eigenvalue weighted by Gasteiger charge is -2.31. The molecule has 0 fully saturated rings. The van der Waals surface area contributed by atoms with Crippen LogP contribution in [0.2, 0.25) is 0 Å². The maximum atomic E-state index is 13.3. The van der Waals surface area contributed by atoms with Gasteiger partial charge in [0.25, 0.3) is 0 Å². The average molecular weight is 289 g/mol. The van der Waals surface area contributed by atoms with Gasteiger partial charge < -0.3 is 4.90 Å². The topological polar surface area (TPSA) is 20.3 Å². The summed E-state index contributed by atoms with van der Waals surface area (Å²) in [6.07, 6.45) is 3.73. The number of rotatable bonds is 4. The molecule has 0 bridgehead atoms. The molecule has 22 heavy (non-hydrogen) atoms. The van der Waals surface area contributed by atoms with E-state index in [1.54, 1.807) is 11.0 Å². The molecule has 2 aromatic carbocycles. The molecule has 2 nitrogen and oxygen atoms in total. The number of likely N-dealkylation sites (N-methyl/N-ethyl adjacent to an activating group) is 1. The Morgan fingerprint density at radius 2 is 1.50 bits per heavy atom. The van der Waals surface area contributed by atoms with Gasteiger partial charge in [-0.1, -0.05) is 73.3 Å². The highest BCUT2D eigenvalue weighted by Crippen LogP contribution is 2.45. The van der Waals surface area contributed by atoms with Gasteiger partial charge in [-0.15, -0.1) is 0 Å². The summed E-state index contributed by atoms with van der Waals surface area (Å²) >= 11 is 0. The third kappa shape index (κ3) is 1.92. The van der Waals surface area contributed by atoms with E-state index in [9.17, 15) is 4.79 Å². The highest BCUT2D eigenvalue weighted by atomic mass is 16.2. The van der Waals surface area contributed by atoms with Crippen LogP contribution < -0.4 is 0 Å². The lowest BCUT2D eigenvalue weighted by atomic mass is 9.70. The summed E-state index contributed by atoms with van der Waals surface area (Å²) in [4.78, 5) is 15.0. The van der Waals surface area contributed by atoms with Crippen molar-refractivity contribution in [3.63, 3.8) is 0 Å². The number of hydrogen-bond acceptors (Lipinski definition) is 1. The molecule has 1 amide bonds. The van der Waals surface area contributed by atoms with Crippen molar-refractivity contribution in [3.05, 3.63) is 96.2 Å². The van der Waals surface area contributed by atoms with Crippen molar-refractivity contribution in [3.8, 4) is 0 Å². The second kappa shape index (κ2) is 5.64. The Balaban J connectivity index is 2.32. The molecule has 110 valence electrons. The Kier molecular flexibility index (Phi) is 3.68. The predicted octanol–water partition coefficient (Wildman–Crippen LogP) is 3.90. The monoisotopic (exact) mass is 289 g/mol. The molecule has 0 unspecified atom stereocenters. The van der Waals surface area contributed by atoms with E-state index in [0.29, 0.717) is 6.54 Å². The summed E-state index contributed by atoms with van der Waals surface area (Å²) < 4.78 is 0. The van der Waals surface area contributed by atoms with Crippen molar-refractivity contribution >= 4 is 5.91 Å². The molecule has 0 saturated heterocycles. The number of carbonyl (C=O) groups excluding carboxylic acids is 1. The van der Waals surface area contributed by atoms with Crippen molar-refractivity contribution < 1.29 is 4.79 Å². The number of amides is 1. The van der Waals surface area contributed by atoms with Gasteiger partial charge in [-0.05, 0) is 23.6 Å². The maximum absolute atomic E-state index is 13.3. The second-order valence-electron chi connectivity index (χ2n) is 5.36. The highest BCUT2D eigenvalue weighted by molar-refractivity contribution is 6.00. The van der Waals surface area contributed by atoms with Crippen molar-refractivity contribution in [1.82, 2.24) is 4.90 Å². The molecule has 1 heterocycles. The number of hydrogen-bond donors (Lipinski definition) is 0. The molecule has 0 radical (unpaired) electrons. The van der Waals surface area contributed by atoms with Crippen LogP contribution in [0.3, 0.4) is 0 Å². The first-order valence-electron chi connectivity index (χ1n) is 7.52. The quantitative estimate of drug-likeness (QED) is 0.836. The zero-order chi connectivity index (χ0) is 15.6. The van der Waals surface area contributed by atoms with E-state index in [-0.39, 0.29) is 5.91 Å². The Labute approximate surface area is 131 Å². The molecule has 3 rings (SSSR count). The Hall–Kier alpha value is -2.61. The van der Waals surface area contributed by atoms with Gasteiger partial charge in [-0.2, -0.15) is 0 Å². The van der Waals surface area contributed by atoms with E-state index in [4.69, 9.17) is 0 Å². The van der Waals surface area contributed by atoms with Crippen molar-refractivity contribution in [2.24, 2.45) is 0 Å². The normalized spacial score (nSPS) is 16.5. The van der Waals surface area contributed by atoms with Crippen LogP contribution in [-0.4, -0.2) is 17.4 Å². The van der Waals surface area contributed by atoms with Crippen LogP contribution in [0.4, 0.5) is 0 Å². The van der Waals surface area contributed by atoms with Gasteiger partial charge in [-0.3, -0.25) is 4.79 Å². The van der Waals surface area contributed by atoms with Gasteiger partial charge in [0, 0.05) is 12.7 Å². The Morgan fingerprint density at radius 3 is 1.91 bits per heavy atom. The van der Waals surface area contributed by atoms with Crippen molar-refractivity contribution in [2.45, 2.75) is 12.3 Å². The van der Waals surface area contributed by atoms with Gasteiger partial charge >= 0.3 is 0 Å². The third-order valence-corrected chi connectivity index (χ3v) is 4.28. The number of benzene rings is 2. The van der Waals surface area contributed by atoms with Gasteiger partial charge in [-0.25, -0.2) is 0 Å². The Bertz CT molecular complexity index is 676. The summed E-state index contributed by atoms with van der Waals surface area (Å²) in [7, 11) is 0. The standard InChI is InChI=1S/C20H19NO/c1-3-16-15-21(4-2)19(22)20(16,17-11-7-5-8-12-17)18-13-9-6-10-14-18/h3,5-15H,1,4H2,2H3. The summed E-state index contributed by atoms with van der Waals surface area (Å²) in [6.45, 7) is 6.58. The minimum absolute atomic E-state index is 0.0855. The zero-order valence-corrected chi connectivity index (χ0v) is 12.7. The number of allylic oxidation sites excluding steroid dienone is 1. The molecule has 0 N–H and O–H groups in total. The molecule has 0 aromatic heterocycles. The highest BCUT2D eigenvalue weighted by Gasteiger charge is 2.50. The molecular weight excluding hydrogens is 270 g/mol. The van der Waals surface area contributed by atoms with E-state index < -0.39 is 5.41 Å². The van der Waals surface area contributed by atoms with Crippen LogP contribution >= 0.6 is 0 Å².